The molecule has 2 amide bonds. The number of aromatic nitrogens is 2. The minimum atomic E-state index is -0.514. The molecule has 0 radical (unpaired) electrons. The second-order valence-corrected chi connectivity index (χ2v) is 7.90. The smallest absolute Gasteiger partial charge is 0.228 e. The molecule has 0 saturated heterocycles. The second-order valence-electron chi connectivity index (χ2n) is 7.49. The molecule has 6 nitrogen and oxygen atoms in total. The van der Waals surface area contributed by atoms with Crippen molar-refractivity contribution in [2.75, 3.05) is 5.32 Å². The molecule has 0 saturated carbocycles. The highest BCUT2D eigenvalue weighted by molar-refractivity contribution is 6.31. The van der Waals surface area contributed by atoms with Gasteiger partial charge in [0.15, 0.2) is 0 Å². The largest absolute Gasteiger partial charge is 0.351 e. The molecule has 7 heteroatoms. The Hall–Kier alpha value is -3.64. The molecule has 1 aromatic heterocycles. The number of nitrogens with zero attached hydrogens (tertiary/aromatic N) is 2. The Morgan fingerprint density at radius 2 is 1.94 bits per heavy atom. The zero-order chi connectivity index (χ0) is 21.4. The molecule has 0 aliphatic carbocycles. The van der Waals surface area contributed by atoms with Crippen LogP contribution in [0, 0.1) is 0 Å². The van der Waals surface area contributed by atoms with Crippen LogP contribution in [0.3, 0.4) is 0 Å². The molecule has 1 aliphatic rings. The SMILES string of the molecule is O=C1C[C@H](C(=O)NCc2ccc(-n3cnc4ccccc43)cc2Cl)c2ccccc2N1. The van der Waals surface area contributed by atoms with Gasteiger partial charge in [0, 0.05) is 29.4 Å². The zero-order valence-electron chi connectivity index (χ0n) is 16.5. The van der Waals surface area contributed by atoms with Gasteiger partial charge in [0.1, 0.15) is 6.33 Å². The molecule has 1 aliphatic heterocycles. The number of anilines is 1. The summed E-state index contributed by atoms with van der Waals surface area (Å²) in [6.45, 7) is 0.281. The topological polar surface area (TPSA) is 76.0 Å². The van der Waals surface area contributed by atoms with Crippen LogP contribution in [0.4, 0.5) is 5.69 Å². The third-order valence-electron chi connectivity index (χ3n) is 5.54. The highest BCUT2D eigenvalue weighted by atomic mass is 35.5. The number of hydrogen-bond acceptors (Lipinski definition) is 3. The number of carbonyl (C=O) groups excluding carboxylic acids is 2. The molecule has 4 aromatic rings. The van der Waals surface area contributed by atoms with E-state index in [1.807, 2.05) is 71.3 Å². The third-order valence-corrected chi connectivity index (χ3v) is 5.89. The molecular weight excluding hydrogens is 412 g/mol. The molecule has 1 atom stereocenters. The van der Waals surface area contributed by atoms with Gasteiger partial charge < -0.3 is 10.6 Å². The van der Waals surface area contributed by atoms with E-state index in [4.69, 9.17) is 11.6 Å². The molecule has 5 rings (SSSR count). The highest BCUT2D eigenvalue weighted by Crippen LogP contribution is 2.32. The van der Waals surface area contributed by atoms with Crippen molar-refractivity contribution in [3.63, 3.8) is 0 Å². The average Bonchev–Trinajstić information content (AvgIpc) is 3.21. The summed E-state index contributed by atoms with van der Waals surface area (Å²) in [5.74, 6) is -0.864. The Kier molecular flexibility index (Phi) is 4.92. The molecule has 0 fully saturated rings. The predicted molar refractivity (Wildman–Crippen MR) is 120 cm³/mol. The first-order chi connectivity index (χ1) is 15.1. The molecule has 2 heterocycles. The number of benzene rings is 3. The number of halogens is 1. The first-order valence-electron chi connectivity index (χ1n) is 9.97. The fourth-order valence-electron chi connectivity index (χ4n) is 3.95. The number of hydrogen-bond donors (Lipinski definition) is 2. The minimum absolute atomic E-state index is 0.128. The Bertz CT molecular complexity index is 1310. The summed E-state index contributed by atoms with van der Waals surface area (Å²) in [4.78, 5) is 29.3. The second kappa shape index (κ2) is 7.89. The summed E-state index contributed by atoms with van der Waals surface area (Å²) in [5, 5.41) is 6.30. The summed E-state index contributed by atoms with van der Waals surface area (Å²) in [5.41, 5.74) is 5.12. The van der Waals surface area contributed by atoms with E-state index in [2.05, 4.69) is 15.6 Å². The zero-order valence-corrected chi connectivity index (χ0v) is 17.3. The van der Waals surface area contributed by atoms with Crippen LogP contribution < -0.4 is 10.6 Å². The van der Waals surface area contributed by atoms with Crippen molar-refractivity contribution < 1.29 is 9.59 Å². The van der Waals surface area contributed by atoms with Crippen molar-refractivity contribution in [2.45, 2.75) is 18.9 Å². The van der Waals surface area contributed by atoms with Gasteiger partial charge in [0.05, 0.1) is 17.0 Å². The number of amides is 2. The Morgan fingerprint density at radius 3 is 2.81 bits per heavy atom. The number of nitrogens with one attached hydrogen (secondary N) is 2. The summed E-state index contributed by atoms with van der Waals surface area (Å²) in [6.07, 6.45) is 1.90. The fraction of sp³-hybridized carbons (Fsp3) is 0.125. The van der Waals surface area contributed by atoms with Crippen molar-refractivity contribution in [2.24, 2.45) is 0 Å². The quantitative estimate of drug-likeness (QED) is 0.503. The van der Waals surface area contributed by atoms with Crippen molar-refractivity contribution in [3.8, 4) is 5.69 Å². The van der Waals surface area contributed by atoms with Crippen molar-refractivity contribution in [3.05, 3.63) is 89.2 Å². The van der Waals surface area contributed by atoms with Gasteiger partial charge in [-0.25, -0.2) is 4.98 Å². The number of imidazole rings is 1. The van der Waals surface area contributed by atoms with Crippen LogP contribution in [0.15, 0.2) is 73.1 Å². The average molecular weight is 431 g/mol. The molecule has 0 unspecified atom stereocenters. The van der Waals surface area contributed by atoms with E-state index in [-0.39, 0.29) is 24.8 Å². The van der Waals surface area contributed by atoms with E-state index >= 15 is 0 Å². The van der Waals surface area contributed by atoms with Crippen LogP contribution in [0.1, 0.15) is 23.5 Å². The van der Waals surface area contributed by atoms with E-state index in [1.54, 1.807) is 6.33 Å². The van der Waals surface area contributed by atoms with Gasteiger partial charge in [-0.3, -0.25) is 14.2 Å². The van der Waals surface area contributed by atoms with Crippen molar-refractivity contribution >= 4 is 40.1 Å². The van der Waals surface area contributed by atoms with Gasteiger partial charge in [0.2, 0.25) is 11.8 Å². The van der Waals surface area contributed by atoms with Gasteiger partial charge in [-0.1, -0.05) is 48.0 Å². The van der Waals surface area contributed by atoms with Crippen molar-refractivity contribution in [1.29, 1.82) is 0 Å². The lowest BCUT2D eigenvalue weighted by Gasteiger charge is -2.24. The van der Waals surface area contributed by atoms with E-state index in [0.29, 0.717) is 10.7 Å². The lowest BCUT2D eigenvalue weighted by molar-refractivity contribution is -0.126. The van der Waals surface area contributed by atoms with Crippen LogP contribution in [0.5, 0.6) is 0 Å². The summed E-state index contributed by atoms with van der Waals surface area (Å²) < 4.78 is 1.97. The summed E-state index contributed by atoms with van der Waals surface area (Å²) in [7, 11) is 0. The van der Waals surface area contributed by atoms with E-state index < -0.39 is 5.92 Å². The first kappa shape index (κ1) is 19.3. The van der Waals surface area contributed by atoms with Crippen LogP contribution in [-0.2, 0) is 16.1 Å². The number of fused-ring (bicyclic) bond motifs is 2. The van der Waals surface area contributed by atoms with Gasteiger partial charge in [-0.2, -0.15) is 0 Å². The molecule has 154 valence electrons. The fourth-order valence-corrected chi connectivity index (χ4v) is 4.19. The Morgan fingerprint density at radius 1 is 1.13 bits per heavy atom. The maximum Gasteiger partial charge on any atom is 0.228 e. The Labute approximate surface area is 183 Å². The van der Waals surface area contributed by atoms with E-state index in [9.17, 15) is 9.59 Å². The monoisotopic (exact) mass is 430 g/mol. The normalized spacial score (nSPS) is 15.4. The minimum Gasteiger partial charge on any atom is -0.351 e. The predicted octanol–water partition coefficient (Wildman–Crippen LogP) is 4.42. The van der Waals surface area contributed by atoms with Crippen LogP contribution >= 0.6 is 11.6 Å². The lowest BCUT2D eigenvalue weighted by atomic mass is 9.90. The molecule has 3 aromatic carbocycles. The molecular formula is C24H19ClN4O2. The van der Waals surface area contributed by atoms with Gasteiger partial charge >= 0.3 is 0 Å². The van der Waals surface area contributed by atoms with Gasteiger partial charge in [-0.05, 0) is 41.5 Å². The van der Waals surface area contributed by atoms with E-state index in [0.717, 1.165) is 27.8 Å². The molecule has 0 bridgehead atoms. The standard InChI is InChI=1S/C24H19ClN4O2/c25-19-11-16(29-14-27-21-7-3-4-8-22(21)29)10-9-15(19)13-26-24(31)18-12-23(30)28-20-6-2-1-5-17(18)20/h1-11,14,18H,12-13H2,(H,26,31)(H,28,30)/t18-/m0/s1. The van der Waals surface area contributed by atoms with Crippen molar-refractivity contribution in [1.82, 2.24) is 14.9 Å². The van der Waals surface area contributed by atoms with Gasteiger partial charge in [0.25, 0.3) is 0 Å². The summed E-state index contributed by atoms with van der Waals surface area (Å²) in [6, 6.07) is 21.0. The first-order valence-corrected chi connectivity index (χ1v) is 10.4. The Balaban J connectivity index is 1.33. The molecule has 2 N–H and O–H groups in total. The maximum absolute atomic E-state index is 12.8. The summed E-state index contributed by atoms with van der Waals surface area (Å²) >= 11 is 6.52. The lowest BCUT2D eigenvalue weighted by Crippen LogP contribution is -2.34. The van der Waals surface area contributed by atoms with Crippen LogP contribution in [0.2, 0.25) is 5.02 Å². The van der Waals surface area contributed by atoms with Crippen LogP contribution in [-0.4, -0.2) is 21.4 Å². The molecule has 31 heavy (non-hydrogen) atoms. The van der Waals surface area contributed by atoms with E-state index in [1.165, 1.54) is 0 Å². The van der Waals surface area contributed by atoms with Crippen LogP contribution in [0.25, 0.3) is 16.7 Å². The number of rotatable bonds is 4. The van der Waals surface area contributed by atoms with Gasteiger partial charge in [-0.15, -0.1) is 0 Å². The highest BCUT2D eigenvalue weighted by Gasteiger charge is 2.30. The molecule has 0 spiro atoms. The third kappa shape index (κ3) is 3.66. The number of carbonyl (C=O) groups is 2. The number of para-hydroxylation sites is 3. The maximum atomic E-state index is 12.8.